The van der Waals surface area contributed by atoms with Crippen LogP contribution in [-0.2, 0) is 11.1 Å². The molecule has 3 rings (SSSR count). The number of hydrogen-bond acceptors (Lipinski definition) is 3. The summed E-state index contributed by atoms with van der Waals surface area (Å²) in [7, 11) is -4.29. The summed E-state index contributed by atoms with van der Waals surface area (Å²) in [6.07, 6.45) is 0. The van der Waals surface area contributed by atoms with E-state index >= 15 is 0 Å². The number of carbonyl (C=O) groups is 1. The van der Waals surface area contributed by atoms with Crippen LogP contribution in [0, 0.1) is 0 Å². The van der Waals surface area contributed by atoms with Gasteiger partial charge in [0.15, 0.2) is 0 Å². The van der Waals surface area contributed by atoms with Gasteiger partial charge in [-0.2, -0.15) is 0 Å². The van der Waals surface area contributed by atoms with Crippen molar-refractivity contribution in [2.45, 2.75) is 6.54 Å². The fourth-order valence-electron chi connectivity index (χ4n) is 2.64. The lowest BCUT2D eigenvalue weighted by molar-refractivity contribution is 0.102. The van der Waals surface area contributed by atoms with E-state index in [1.807, 2.05) is 42.5 Å². The first-order valence-corrected chi connectivity index (χ1v) is 10.1. The van der Waals surface area contributed by atoms with Crippen molar-refractivity contribution < 1.29 is 19.1 Å². The number of amides is 1. The number of benzene rings is 3. The van der Waals surface area contributed by atoms with Gasteiger partial charge in [-0.1, -0.05) is 48.5 Å². The zero-order valence-electron chi connectivity index (χ0n) is 14.9. The molecule has 0 radical (unpaired) electrons. The van der Waals surface area contributed by atoms with E-state index in [1.54, 1.807) is 30.3 Å². The molecule has 144 valence electrons. The predicted octanol–water partition coefficient (Wildman–Crippen LogP) is 3.37. The predicted molar refractivity (Wildman–Crippen MR) is 110 cm³/mol. The molecule has 28 heavy (non-hydrogen) atoms. The Labute approximate surface area is 162 Å². The van der Waals surface area contributed by atoms with E-state index < -0.39 is 7.75 Å². The monoisotopic (exact) mass is 397 g/mol. The number of nitrogens with one attached hydrogen (secondary N) is 2. The lowest BCUT2D eigenvalue weighted by Gasteiger charge is -2.11. The molecule has 0 saturated heterocycles. The van der Waals surface area contributed by atoms with Crippen LogP contribution < -0.4 is 16.1 Å². The van der Waals surface area contributed by atoms with Gasteiger partial charge in [-0.25, -0.2) is 9.65 Å². The molecule has 0 aliphatic rings. The van der Waals surface area contributed by atoms with Crippen LogP contribution in [0.25, 0.3) is 11.1 Å². The van der Waals surface area contributed by atoms with Crippen molar-refractivity contribution in [3.05, 3.63) is 83.9 Å². The summed E-state index contributed by atoms with van der Waals surface area (Å²) < 4.78 is 10.9. The van der Waals surface area contributed by atoms with Crippen molar-refractivity contribution >= 4 is 25.0 Å². The summed E-state index contributed by atoms with van der Waals surface area (Å²) >= 11 is 0. The first-order chi connectivity index (χ1) is 13.3. The van der Waals surface area contributed by atoms with Crippen LogP contribution >= 0.6 is 7.75 Å². The summed E-state index contributed by atoms with van der Waals surface area (Å²) in [5.41, 5.74) is 9.97. The molecule has 0 saturated carbocycles. The maximum absolute atomic E-state index is 12.5. The molecule has 0 heterocycles. The van der Waals surface area contributed by atoms with Crippen LogP contribution in [0.1, 0.15) is 15.9 Å². The number of hydrogen-bond donors (Lipinski definition) is 5. The molecule has 8 heteroatoms. The third kappa shape index (κ3) is 5.28. The van der Waals surface area contributed by atoms with Crippen molar-refractivity contribution in [2.24, 2.45) is 0 Å². The van der Waals surface area contributed by atoms with Crippen molar-refractivity contribution in [1.29, 1.82) is 0 Å². The standard InChI is InChI=1S/C20H20N3O4P/c21-18-11-10-17(15-4-2-1-3-5-15)12-19(18)23-20(24)16-8-6-14(7-9-16)13-22-28(25,26)27/h1-12H,13,21H2,(H,23,24)(H3,22,25,26,27). The number of carbonyl (C=O) groups excluding carboxylic acids is 1. The van der Waals surface area contributed by atoms with Gasteiger partial charge in [-0.3, -0.25) is 4.79 Å². The van der Waals surface area contributed by atoms with Gasteiger partial charge in [-0.15, -0.1) is 0 Å². The van der Waals surface area contributed by atoms with Crippen LogP contribution in [0.15, 0.2) is 72.8 Å². The number of rotatable bonds is 6. The minimum atomic E-state index is -4.29. The van der Waals surface area contributed by atoms with E-state index in [9.17, 15) is 9.36 Å². The van der Waals surface area contributed by atoms with E-state index in [-0.39, 0.29) is 12.5 Å². The molecule has 0 aromatic heterocycles. The first-order valence-electron chi connectivity index (χ1n) is 8.48. The second-order valence-electron chi connectivity index (χ2n) is 6.20. The SMILES string of the molecule is Nc1ccc(-c2ccccc2)cc1NC(=O)c1ccc(CNP(=O)(O)O)cc1. The Morgan fingerprint density at radius 1 is 0.929 bits per heavy atom. The van der Waals surface area contributed by atoms with Crippen LogP contribution in [0.5, 0.6) is 0 Å². The van der Waals surface area contributed by atoms with Crippen LogP contribution in [0.4, 0.5) is 11.4 Å². The molecule has 1 amide bonds. The molecule has 3 aromatic rings. The quantitative estimate of drug-likeness (QED) is 0.321. The second kappa shape index (κ2) is 8.37. The van der Waals surface area contributed by atoms with E-state index in [2.05, 4.69) is 10.4 Å². The third-order valence-corrected chi connectivity index (χ3v) is 4.68. The largest absolute Gasteiger partial charge is 0.400 e. The molecule has 7 nitrogen and oxygen atoms in total. The lowest BCUT2D eigenvalue weighted by atomic mass is 10.0. The minimum Gasteiger partial charge on any atom is -0.397 e. The normalized spacial score (nSPS) is 11.2. The molecule has 6 N–H and O–H groups in total. The highest BCUT2D eigenvalue weighted by Gasteiger charge is 2.12. The molecule has 0 spiro atoms. The molecule has 0 bridgehead atoms. The van der Waals surface area contributed by atoms with Crippen molar-refractivity contribution in [1.82, 2.24) is 5.09 Å². The highest BCUT2D eigenvalue weighted by Crippen LogP contribution is 2.29. The summed E-state index contributed by atoms with van der Waals surface area (Å²) in [6, 6.07) is 21.6. The summed E-state index contributed by atoms with van der Waals surface area (Å²) in [5.74, 6) is -0.327. The first kappa shape index (κ1) is 19.8. The van der Waals surface area contributed by atoms with Gasteiger partial charge in [0.25, 0.3) is 5.91 Å². The summed E-state index contributed by atoms with van der Waals surface area (Å²) in [4.78, 5) is 30.2. The molecule has 0 fully saturated rings. The van der Waals surface area contributed by atoms with Crippen LogP contribution in [0.2, 0.25) is 0 Å². The Hall–Kier alpha value is -2.96. The third-order valence-electron chi connectivity index (χ3n) is 4.11. The Morgan fingerprint density at radius 2 is 1.61 bits per heavy atom. The summed E-state index contributed by atoms with van der Waals surface area (Å²) in [5, 5.41) is 4.91. The highest BCUT2D eigenvalue weighted by molar-refractivity contribution is 7.49. The van der Waals surface area contributed by atoms with Gasteiger partial charge in [0.2, 0.25) is 0 Å². The zero-order chi connectivity index (χ0) is 20.1. The number of anilines is 2. The highest BCUT2D eigenvalue weighted by atomic mass is 31.2. The fourth-order valence-corrected chi connectivity index (χ4v) is 3.03. The Kier molecular flexibility index (Phi) is 5.92. The minimum absolute atomic E-state index is 0.00174. The van der Waals surface area contributed by atoms with Crippen LogP contribution in [0.3, 0.4) is 0 Å². The molecule has 0 unspecified atom stereocenters. The molecular formula is C20H20N3O4P. The Balaban J connectivity index is 1.73. The topological polar surface area (TPSA) is 125 Å². The smallest absolute Gasteiger partial charge is 0.397 e. The molecule has 0 aliphatic heterocycles. The molecule has 0 aliphatic carbocycles. The van der Waals surface area contributed by atoms with Crippen LogP contribution in [-0.4, -0.2) is 15.7 Å². The van der Waals surface area contributed by atoms with Crippen molar-refractivity contribution in [2.75, 3.05) is 11.1 Å². The molecule has 0 atom stereocenters. The lowest BCUT2D eigenvalue weighted by Crippen LogP contribution is -2.14. The van der Waals surface area contributed by atoms with E-state index in [0.29, 0.717) is 22.5 Å². The Bertz CT molecular complexity index is 1020. The summed E-state index contributed by atoms with van der Waals surface area (Å²) in [6.45, 7) is -0.00174. The average molecular weight is 397 g/mol. The van der Waals surface area contributed by atoms with Gasteiger partial charge in [0, 0.05) is 12.1 Å². The molecular weight excluding hydrogens is 377 g/mol. The van der Waals surface area contributed by atoms with E-state index in [1.165, 1.54) is 0 Å². The number of nitrogen functional groups attached to an aromatic ring is 1. The van der Waals surface area contributed by atoms with Crippen molar-refractivity contribution in [3.8, 4) is 11.1 Å². The number of nitrogens with two attached hydrogens (primary N) is 1. The van der Waals surface area contributed by atoms with Gasteiger partial charge < -0.3 is 20.8 Å². The van der Waals surface area contributed by atoms with Gasteiger partial charge in [-0.05, 0) is 41.0 Å². The second-order valence-corrected chi connectivity index (χ2v) is 7.60. The van der Waals surface area contributed by atoms with Gasteiger partial charge >= 0.3 is 7.75 Å². The van der Waals surface area contributed by atoms with E-state index in [0.717, 1.165) is 11.1 Å². The van der Waals surface area contributed by atoms with Gasteiger partial charge in [0.05, 0.1) is 11.4 Å². The Morgan fingerprint density at radius 3 is 2.25 bits per heavy atom. The average Bonchev–Trinajstić information content (AvgIpc) is 2.68. The van der Waals surface area contributed by atoms with Crippen molar-refractivity contribution in [3.63, 3.8) is 0 Å². The molecule has 3 aromatic carbocycles. The zero-order valence-corrected chi connectivity index (χ0v) is 15.8. The maximum atomic E-state index is 12.5. The van der Waals surface area contributed by atoms with E-state index in [4.69, 9.17) is 15.5 Å². The maximum Gasteiger partial charge on any atom is 0.400 e. The van der Waals surface area contributed by atoms with Gasteiger partial charge in [0.1, 0.15) is 0 Å². The fraction of sp³-hybridized carbons (Fsp3) is 0.0500.